The van der Waals surface area contributed by atoms with E-state index >= 15 is 0 Å². The molecule has 3 aliphatic rings. The van der Waals surface area contributed by atoms with Crippen LogP contribution in [0.4, 0.5) is 16.4 Å². The van der Waals surface area contributed by atoms with Crippen LogP contribution in [0.5, 0.6) is 0 Å². The number of oxime groups is 1. The number of hydrogen-bond donors (Lipinski definition) is 1. The van der Waals surface area contributed by atoms with Crippen molar-refractivity contribution in [2.45, 2.75) is 5.92 Å². The number of fused-ring (bicyclic) bond motifs is 8. The SMILES string of the molecule is O=C(CNC(=O)OCC1c2ccccc2-c2ccccc21)O/N=C1\c2ccccc2-c2c1c(N1CCN(c3ccccn3)CC1)nc1ccc(Br)cc21. The van der Waals surface area contributed by atoms with E-state index in [0.29, 0.717) is 18.8 Å². The predicted molar refractivity (Wildman–Crippen MR) is 208 cm³/mol. The number of alkyl carbamates (subject to hydrolysis) is 1. The maximum Gasteiger partial charge on any atom is 0.407 e. The molecule has 0 saturated carbocycles. The Kier molecular flexibility index (Phi) is 8.55. The van der Waals surface area contributed by atoms with E-state index in [1.165, 1.54) is 0 Å². The monoisotopic (exact) mass is 764 g/mol. The Morgan fingerprint density at radius 3 is 2.15 bits per heavy atom. The first kappa shape index (κ1) is 32.8. The van der Waals surface area contributed by atoms with Gasteiger partial charge in [-0.1, -0.05) is 99.9 Å². The predicted octanol–water partition coefficient (Wildman–Crippen LogP) is 7.53. The average molecular weight is 766 g/mol. The molecular formula is C42H33BrN6O4. The van der Waals surface area contributed by atoms with E-state index in [2.05, 4.69) is 77.6 Å². The van der Waals surface area contributed by atoms with Gasteiger partial charge >= 0.3 is 12.1 Å². The van der Waals surface area contributed by atoms with Crippen LogP contribution in [0.15, 0.2) is 125 Å². The minimum absolute atomic E-state index is 0.0912. The number of hydrogen-bond acceptors (Lipinski definition) is 9. The van der Waals surface area contributed by atoms with Gasteiger partial charge in [0.15, 0.2) is 0 Å². The van der Waals surface area contributed by atoms with E-state index in [1.807, 2.05) is 79.0 Å². The molecule has 10 nitrogen and oxygen atoms in total. The maximum absolute atomic E-state index is 13.1. The summed E-state index contributed by atoms with van der Waals surface area (Å²) in [5, 5.41) is 7.97. The fourth-order valence-corrected chi connectivity index (χ4v) is 8.06. The first-order valence-corrected chi connectivity index (χ1v) is 18.3. The highest BCUT2D eigenvalue weighted by molar-refractivity contribution is 9.10. The number of carbonyl (C=O) groups excluding carboxylic acids is 2. The second kappa shape index (κ2) is 13.8. The molecular weight excluding hydrogens is 732 g/mol. The molecule has 11 heteroatoms. The van der Waals surface area contributed by atoms with Crippen molar-refractivity contribution < 1.29 is 19.2 Å². The van der Waals surface area contributed by atoms with Crippen LogP contribution in [0.3, 0.4) is 0 Å². The molecule has 53 heavy (non-hydrogen) atoms. The maximum atomic E-state index is 13.1. The lowest BCUT2D eigenvalue weighted by molar-refractivity contribution is -0.142. The van der Waals surface area contributed by atoms with Crippen molar-refractivity contribution in [3.05, 3.63) is 142 Å². The molecule has 4 aromatic carbocycles. The average Bonchev–Trinajstić information content (AvgIpc) is 3.71. The Morgan fingerprint density at radius 1 is 0.774 bits per heavy atom. The smallest absolute Gasteiger partial charge is 0.407 e. The second-order valence-electron chi connectivity index (χ2n) is 13.1. The molecule has 1 fully saturated rings. The van der Waals surface area contributed by atoms with Gasteiger partial charge in [-0.15, -0.1) is 0 Å². The number of carbonyl (C=O) groups is 2. The van der Waals surface area contributed by atoms with Gasteiger partial charge < -0.3 is 24.7 Å². The molecule has 0 unspecified atom stereocenters. The molecule has 1 aliphatic heterocycles. The van der Waals surface area contributed by atoms with Crippen molar-refractivity contribution in [3.8, 4) is 22.3 Å². The van der Waals surface area contributed by atoms with Crippen LogP contribution in [0, 0.1) is 0 Å². The van der Waals surface area contributed by atoms with Crippen LogP contribution in [0.25, 0.3) is 33.2 Å². The van der Waals surface area contributed by atoms with Gasteiger partial charge in [-0.05, 0) is 58.1 Å². The standard InChI is InChI=1S/C42H33BrN6O4/c43-26-16-17-35-33(23-26)38-31-13-5-6-14-32(31)40(39(38)41(46-35)49-21-19-48(20-22-49)36-15-7-8-18-44-36)47-53-37(50)24-45-42(51)52-25-34-29-11-3-1-9-27(29)28-10-2-4-12-30(28)34/h1-18,23,34H,19-22,24-25H2,(H,45,51)/b47-40+. The van der Waals surface area contributed by atoms with Crippen LogP contribution >= 0.6 is 15.9 Å². The molecule has 3 heterocycles. The fraction of sp³-hybridized carbons (Fsp3) is 0.167. The molecule has 262 valence electrons. The number of pyridine rings is 2. The minimum atomic E-state index is -0.723. The highest BCUT2D eigenvalue weighted by Gasteiger charge is 2.35. The van der Waals surface area contributed by atoms with Crippen molar-refractivity contribution in [2.24, 2.45) is 5.16 Å². The Balaban J connectivity index is 0.945. The third-order valence-corrected chi connectivity index (χ3v) is 10.6. The summed E-state index contributed by atoms with van der Waals surface area (Å²) in [7, 11) is 0. The number of amides is 1. The second-order valence-corrected chi connectivity index (χ2v) is 14.1. The highest BCUT2D eigenvalue weighted by atomic mass is 79.9. The van der Waals surface area contributed by atoms with Crippen LogP contribution in [0.2, 0.25) is 0 Å². The van der Waals surface area contributed by atoms with Crippen molar-refractivity contribution >= 4 is 56.2 Å². The lowest BCUT2D eigenvalue weighted by Crippen LogP contribution is -2.47. The molecule has 6 aromatic rings. The van der Waals surface area contributed by atoms with Gasteiger partial charge in [0, 0.05) is 59.3 Å². The summed E-state index contributed by atoms with van der Waals surface area (Å²) < 4.78 is 6.54. The zero-order chi connectivity index (χ0) is 35.9. The number of piperazine rings is 1. The molecule has 0 bridgehead atoms. The number of anilines is 2. The van der Waals surface area contributed by atoms with Crippen LogP contribution < -0.4 is 15.1 Å². The Bertz CT molecular complexity index is 2380. The summed E-state index contributed by atoms with van der Waals surface area (Å²) in [6.45, 7) is 2.69. The van der Waals surface area contributed by atoms with Gasteiger partial charge in [0.2, 0.25) is 0 Å². The van der Waals surface area contributed by atoms with Crippen LogP contribution in [-0.2, 0) is 14.4 Å². The third-order valence-electron chi connectivity index (χ3n) is 10.1. The van der Waals surface area contributed by atoms with Gasteiger partial charge in [0.05, 0.1) is 11.1 Å². The van der Waals surface area contributed by atoms with Gasteiger partial charge in [-0.25, -0.2) is 19.6 Å². The van der Waals surface area contributed by atoms with E-state index < -0.39 is 18.6 Å². The van der Waals surface area contributed by atoms with Crippen LogP contribution in [-0.4, -0.2) is 67.1 Å². The Hall–Kier alpha value is -6.07. The first-order valence-electron chi connectivity index (χ1n) is 17.5. The summed E-state index contributed by atoms with van der Waals surface area (Å²) in [5.41, 5.74) is 9.48. The van der Waals surface area contributed by atoms with E-state index in [1.54, 1.807) is 0 Å². The summed E-state index contributed by atoms with van der Waals surface area (Å²) >= 11 is 3.65. The summed E-state index contributed by atoms with van der Waals surface area (Å²) in [6, 6.07) is 36.2. The Morgan fingerprint density at radius 2 is 1.43 bits per heavy atom. The van der Waals surface area contributed by atoms with E-state index in [9.17, 15) is 9.59 Å². The molecule has 2 aromatic heterocycles. The number of halogens is 1. The topological polar surface area (TPSA) is 109 Å². The molecule has 0 radical (unpaired) electrons. The molecule has 1 saturated heterocycles. The highest BCUT2D eigenvalue weighted by Crippen LogP contribution is 2.46. The zero-order valence-corrected chi connectivity index (χ0v) is 30.1. The fourth-order valence-electron chi connectivity index (χ4n) is 7.70. The third kappa shape index (κ3) is 6.06. The lowest BCUT2D eigenvalue weighted by Gasteiger charge is -2.37. The molecule has 0 spiro atoms. The number of nitrogens with one attached hydrogen (secondary N) is 1. The van der Waals surface area contributed by atoms with Crippen molar-refractivity contribution in [3.63, 3.8) is 0 Å². The molecule has 1 amide bonds. The van der Waals surface area contributed by atoms with E-state index in [0.717, 1.165) is 84.6 Å². The van der Waals surface area contributed by atoms with Crippen molar-refractivity contribution in [2.75, 3.05) is 49.1 Å². The number of aromatic nitrogens is 2. The summed E-state index contributed by atoms with van der Waals surface area (Å²) in [5.74, 6) is 0.908. The number of nitrogens with zero attached hydrogens (tertiary/aromatic N) is 5. The zero-order valence-electron chi connectivity index (χ0n) is 28.5. The normalized spacial score (nSPS) is 15.2. The Labute approximate surface area is 314 Å². The molecule has 2 aliphatic carbocycles. The molecule has 9 rings (SSSR count). The van der Waals surface area contributed by atoms with E-state index in [4.69, 9.17) is 14.6 Å². The number of rotatable bonds is 7. The largest absolute Gasteiger partial charge is 0.449 e. The van der Waals surface area contributed by atoms with Gasteiger partial charge in [-0.3, -0.25) is 0 Å². The van der Waals surface area contributed by atoms with Crippen molar-refractivity contribution in [1.29, 1.82) is 0 Å². The first-order chi connectivity index (χ1) is 26.0. The number of ether oxygens (including phenoxy) is 1. The van der Waals surface area contributed by atoms with Gasteiger partial charge in [0.25, 0.3) is 0 Å². The molecule has 1 N–H and O–H groups in total. The minimum Gasteiger partial charge on any atom is -0.449 e. The van der Waals surface area contributed by atoms with Gasteiger partial charge in [-0.2, -0.15) is 0 Å². The van der Waals surface area contributed by atoms with Crippen LogP contribution in [0.1, 0.15) is 28.2 Å². The van der Waals surface area contributed by atoms with Crippen molar-refractivity contribution in [1.82, 2.24) is 15.3 Å². The summed E-state index contributed by atoms with van der Waals surface area (Å²) in [4.78, 5) is 45.7. The number of benzene rings is 4. The molecule has 0 atom stereocenters. The van der Waals surface area contributed by atoms with E-state index in [-0.39, 0.29) is 12.5 Å². The lowest BCUT2D eigenvalue weighted by atomic mass is 9.98. The summed E-state index contributed by atoms with van der Waals surface area (Å²) in [6.07, 6.45) is 1.10. The quantitative estimate of drug-likeness (QED) is 0.131. The van der Waals surface area contributed by atoms with Gasteiger partial charge in [0.1, 0.15) is 30.5 Å².